The Bertz CT molecular complexity index is 990. The Morgan fingerprint density at radius 1 is 1.29 bits per heavy atom. The molecule has 1 amide bonds. The topological polar surface area (TPSA) is 107 Å². The molecule has 1 aliphatic rings. The highest BCUT2D eigenvalue weighted by molar-refractivity contribution is 5.70. The Kier molecular flexibility index (Phi) is 8.90. The first kappa shape index (κ1) is 25.5. The van der Waals surface area contributed by atoms with Gasteiger partial charge < -0.3 is 19.5 Å². The highest BCUT2D eigenvalue weighted by atomic mass is 16.6. The fraction of sp³-hybridized carbons (Fsp3) is 0.600. The number of aromatic nitrogens is 3. The molecule has 34 heavy (non-hydrogen) atoms. The number of rotatable bonds is 10. The number of amides is 1. The van der Waals surface area contributed by atoms with E-state index >= 15 is 0 Å². The zero-order chi connectivity index (χ0) is 24.7. The molecular formula is C25H36N4O5. The third-order valence-electron chi connectivity index (χ3n) is 6.40. The van der Waals surface area contributed by atoms with Gasteiger partial charge in [-0.05, 0) is 50.7 Å². The first-order valence-corrected chi connectivity index (χ1v) is 12.0. The number of hydrogen-bond acceptors (Lipinski definition) is 6. The molecule has 2 aromatic heterocycles. The summed E-state index contributed by atoms with van der Waals surface area (Å²) in [5, 5.41) is 13.7. The van der Waals surface area contributed by atoms with Gasteiger partial charge in [0.25, 0.3) is 0 Å². The van der Waals surface area contributed by atoms with E-state index in [1.165, 1.54) is 4.90 Å². The van der Waals surface area contributed by atoms with Crippen LogP contribution in [0.5, 0.6) is 5.75 Å². The van der Waals surface area contributed by atoms with Crippen molar-refractivity contribution in [3.8, 4) is 17.0 Å². The van der Waals surface area contributed by atoms with Crippen molar-refractivity contribution in [3.05, 3.63) is 29.7 Å². The van der Waals surface area contributed by atoms with Gasteiger partial charge >= 0.3 is 12.1 Å². The van der Waals surface area contributed by atoms with E-state index in [0.717, 1.165) is 54.7 Å². The normalized spacial score (nSPS) is 17.9. The zero-order valence-corrected chi connectivity index (χ0v) is 20.6. The Labute approximate surface area is 201 Å². The lowest BCUT2D eigenvalue weighted by Crippen LogP contribution is -2.28. The van der Waals surface area contributed by atoms with E-state index in [4.69, 9.17) is 14.5 Å². The SMILES string of the molecule is CCCCOC(=O)N(C)Cc1c(-c2ccc(OCC3CCC[C@H](C(=O)O)C3)c(C)n2)cnn1C. The highest BCUT2D eigenvalue weighted by Gasteiger charge is 2.27. The molecule has 0 radical (unpaired) electrons. The third-order valence-corrected chi connectivity index (χ3v) is 6.40. The predicted molar refractivity (Wildman–Crippen MR) is 127 cm³/mol. The molecule has 0 aliphatic heterocycles. The summed E-state index contributed by atoms with van der Waals surface area (Å²) in [5.74, 6) is -0.0382. The van der Waals surface area contributed by atoms with Crippen molar-refractivity contribution in [2.24, 2.45) is 18.9 Å². The molecule has 0 saturated heterocycles. The van der Waals surface area contributed by atoms with Crippen LogP contribution >= 0.6 is 0 Å². The number of aliphatic carboxylic acids is 1. The van der Waals surface area contributed by atoms with Crippen LogP contribution in [0.1, 0.15) is 56.8 Å². The second-order valence-electron chi connectivity index (χ2n) is 9.11. The first-order valence-electron chi connectivity index (χ1n) is 12.0. The van der Waals surface area contributed by atoms with Gasteiger partial charge in [0.15, 0.2) is 0 Å². The van der Waals surface area contributed by atoms with Crippen molar-refractivity contribution in [2.45, 2.75) is 58.9 Å². The van der Waals surface area contributed by atoms with Crippen molar-refractivity contribution >= 4 is 12.1 Å². The number of carboxylic acids is 1. The van der Waals surface area contributed by atoms with Crippen LogP contribution in [-0.4, -0.2) is 57.1 Å². The number of unbranched alkanes of at least 4 members (excludes halogenated alkanes) is 1. The Balaban J connectivity index is 1.65. The minimum absolute atomic E-state index is 0.242. The predicted octanol–water partition coefficient (Wildman–Crippen LogP) is 4.43. The minimum Gasteiger partial charge on any atom is -0.491 e. The summed E-state index contributed by atoms with van der Waals surface area (Å²) in [6.45, 7) is 5.21. The average molecular weight is 473 g/mol. The largest absolute Gasteiger partial charge is 0.491 e. The molecule has 2 aromatic rings. The Morgan fingerprint density at radius 2 is 2.09 bits per heavy atom. The minimum atomic E-state index is -0.709. The van der Waals surface area contributed by atoms with E-state index < -0.39 is 5.97 Å². The van der Waals surface area contributed by atoms with Crippen LogP contribution in [0.15, 0.2) is 18.3 Å². The standard InChI is InChI=1S/C25H36N4O5/c1-5-6-12-33-25(32)28(3)15-22-20(14-26-29(22)4)21-10-11-23(17(2)27-21)34-16-18-8-7-9-19(13-18)24(30)31/h10-11,14,18-19H,5-9,12-13,15-16H2,1-4H3,(H,30,31)/t18?,19-/m0/s1. The summed E-state index contributed by atoms with van der Waals surface area (Å²) in [6.07, 6.45) is 6.52. The molecule has 2 atom stereocenters. The molecule has 3 rings (SSSR count). The molecule has 1 N–H and O–H groups in total. The summed E-state index contributed by atoms with van der Waals surface area (Å²) < 4.78 is 13.1. The van der Waals surface area contributed by atoms with Gasteiger partial charge in [-0.15, -0.1) is 0 Å². The van der Waals surface area contributed by atoms with E-state index in [-0.39, 0.29) is 17.9 Å². The van der Waals surface area contributed by atoms with Crippen LogP contribution in [0.25, 0.3) is 11.3 Å². The van der Waals surface area contributed by atoms with Gasteiger partial charge in [0, 0.05) is 19.7 Å². The van der Waals surface area contributed by atoms with Crippen LogP contribution < -0.4 is 4.74 Å². The molecule has 1 aliphatic carbocycles. The number of pyridine rings is 1. The highest BCUT2D eigenvalue weighted by Crippen LogP contribution is 2.31. The van der Waals surface area contributed by atoms with Gasteiger partial charge in [0.2, 0.25) is 0 Å². The summed E-state index contributed by atoms with van der Waals surface area (Å²) in [7, 11) is 3.55. The maximum atomic E-state index is 12.3. The summed E-state index contributed by atoms with van der Waals surface area (Å²) in [6, 6.07) is 3.79. The van der Waals surface area contributed by atoms with Gasteiger partial charge in [0.1, 0.15) is 5.75 Å². The van der Waals surface area contributed by atoms with Crippen molar-refractivity contribution in [1.82, 2.24) is 19.7 Å². The fourth-order valence-electron chi connectivity index (χ4n) is 4.29. The molecule has 9 nitrogen and oxygen atoms in total. The lowest BCUT2D eigenvalue weighted by molar-refractivity contribution is -0.143. The van der Waals surface area contributed by atoms with E-state index in [1.807, 2.05) is 26.1 Å². The van der Waals surface area contributed by atoms with Gasteiger partial charge in [0.05, 0.1) is 49.0 Å². The second-order valence-corrected chi connectivity index (χ2v) is 9.11. The van der Waals surface area contributed by atoms with E-state index in [2.05, 4.69) is 12.0 Å². The molecule has 0 aromatic carbocycles. The fourth-order valence-corrected chi connectivity index (χ4v) is 4.29. The third kappa shape index (κ3) is 6.48. The number of hydrogen-bond donors (Lipinski definition) is 1. The molecule has 1 saturated carbocycles. The van der Waals surface area contributed by atoms with Crippen molar-refractivity contribution < 1.29 is 24.2 Å². The van der Waals surface area contributed by atoms with Crippen LogP contribution in [0, 0.1) is 18.8 Å². The van der Waals surface area contributed by atoms with E-state index in [9.17, 15) is 14.7 Å². The summed E-state index contributed by atoms with van der Waals surface area (Å²) in [4.78, 5) is 29.8. The molecular weight excluding hydrogens is 436 g/mol. The first-order chi connectivity index (χ1) is 16.3. The van der Waals surface area contributed by atoms with E-state index in [1.54, 1.807) is 17.9 Å². The molecule has 1 fully saturated rings. The molecule has 2 heterocycles. The van der Waals surface area contributed by atoms with Gasteiger partial charge in [-0.2, -0.15) is 5.10 Å². The Morgan fingerprint density at radius 3 is 2.79 bits per heavy atom. The van der Waals surface area contributed by atoms with Crippen molar-refractivity contribution in [1.29, 1.82) is 0 Å². The average Bonchev–Trinajstić information content (AvgIpc) is 3.18. The second kappa shape index (κ2) is 11.9. The van der Waals surface area contributed by atoms with Crippen LogP contribution in [0.2, 0.25) is 0 Å². The lowest BCUT2D eigenvalue weighted by Gasteiger charge is -2.26. The smallest absolute Gasteiger partial charge is 0.409 e. The molecule has 0 bridgehead atoms. The number of ether oxygens (including phenoxy) is 2. The maximum Gasteiger partial charge on any atom is 0.409 e. The molecule has 1 unspecified atom stereocenters. The van der Waals surface area contributed by atoms with E-state index in [0.29, 0.717) is 31.9 Å². The van der Waals surface area contributed by atoms with Gasteiger partial charge in [-0.1, -0.05) is 19.8 Å². The Hall–Kier alpha value is -3.10. The maximum absolute atomic E-state index is 12.3. The number of aryl methyl sites for hydroxylation is 2. The lowest BCUT2D eigenvalue weighted by atomic mass is 9.82. The molecule has 186 valence electrons. The number of nitrogens with zero attached hydrogens (tertiary/aromatic N) is 4. The van der Waals surface area contributed by atoms with Crippen LogP contribution in [0.4, 0.5) is 4.79 Å². The van der Waals surface area contributed by atoms with Crippen LogP contribution in [0.3, 0.4) is 0 Å². The number of carbonyl (C=O) groups excluding carboxylic acids is 1. The number of carboxylic acid groups (broad SMARTS) is 1. The van der Waals surface area contributed by atoms with Crippen LogP contribution in [-0.2, 0) is 23.1 Å². The zero-order valence-electron chi connectivity index (χ0n) is 20.6. The summed E-state index contributed by atoms with van der Waals surface area (Å²) in [5.41, 5.74) is 3.22. The number of carbonyl (C=O) groups is 2. The van der Waals surface area contributed by atoms with Gasteiger partial charge in [-0.25, -0.2) is 9.78 Å². The molecule has 9 heteroatoms. The van der Waals surface area contributed by atoms with Gasteiger partial charge in [-0.3, -0.25) is 9.48 Å². The van der Waals surface area contributed by atoms with Crippen molar-refractivity contribution in [2.75, 3.05) is 20.3 Å². The molecule has 0 spiro atoms. The van der Waals surface area contributed by atoms with Crippen molar-refractivity contribution in [3.63, 3.8) is 0 Å². The summed E-state index contributed by atoms with van der Waals surface area (Å²) >= 11 is 0. The quantitative estimate of drug-likeness (QED) is 0.510. The monoisotopic (exact) mass is 472 g/mol.